The molecule has 29 heavy (non-hydrogen) atoms. The van der Waals surface area contributed by atoms with Gasteiger partial charge < -0.3 is 4.90 Å². The number of benzene rings is 2. The molecule has 1 saturated heterocycles. The number of aromatic nitrogens is 3. The highest BCUT2D eigenvalue weighted by Crippen LogP contribution is 2.35. The molecule has 4 aromatic rings. The quantitative estimate of drug-likeness (QED) is 0.529. The highest BCUT2D eigenvalue weighted by atomic mass is 19.1. The lowest BCUT2D eigenvalue weighted by Crippen LogP contribution is -2.46. The maximum absolute atomic E-state index is 13.7. The molecular formula is C23H16FN5. The van der Waals surface area contributed by atoms with E-state index in [0.717, 1.165) is 35.5 Å². The van der Waals surface area contributed by atoms with Gasteiger partial charge in [-0.3, -0.25) is 9.97 Å². The van der Waals surface area contributed by atoms with Crippen molar-refractivity contribution in [1.82, 2.24) is 15.0 Å². The van der Waals surface area contributed by atoms with Crippen molar-refractivity contribution in [2.75, 3.05) is 18.0 Å². The van der Waals surface area contributed by atoms with Crippen LogP contribution in [0, 0.1) is 17.1 Å². The van der Waals surface area contributed by atoms with Crippen LogP contribution < -0.4 is 4.90 Å². The van der Waals surface area contributed by atoms with Crippen LogP contribution in [0.3, 0.4) is 0 Å². The summed E-state index contributed by atoms with van der Waals surface area (Å²) in [6.07, 6.45) is 3.29. The maximum Gasteiger partial charge on any atom is 0.140 e. The van der Waals surface area contributed by atoms with Crippen LogP contribution in [0.4, 0.5) is 10.2 Å². The molecule has 5 nitrogen and oxygen atoms in total. The Morgan fingerprint density at radius 1 is 1.00 bits per heavy atom. The van der Waals surface area contributed by atoms with Gasteiger partial charge in [0.25, 0.3) is 0 Å². The van der Waals surface area contributed by atoms with Crippen LogP contribution in [0.25, 0.3) is 22.2 Å². The van der Waals surface area contributed by atoms with E-state index in [0.29, 0.717) is 11.3 Å². The second-order valence-electron chi connectivity index (χ2n) is 7.06. The summed E-state index contributed by atoms with van der Waals surface area (Å²) < 4.78 is 13.7. The zero-order chi connectivity index (χ0) is 19.8. The van der Waals surface area contributed by atoms with Crippen molar-refractivity contribution in [3.8, 4) is 17.3 Å². The maximum atomic E-state index is 13.7. The van der Waals surface area contributed by atoms with Gasteiger partial charge in [0.15, 0.2) is 0 Å². The van der Waals surface area contributed by atoms with Crippen LogP contribution >= 0.6 is 0 Å². The van der Waals surface area contributed by atoms with Crippen molar-refractivity contribution in [2.24, 2.45) is 0 Å². The number of hydrogen-bond donors (Lipinski definition) is 0. The van der Waals surface area contributed by atoms with Crippen LogP contribution in [0.1, 0.15) is 17.2 Å². The Morgan fingerprint density at radius 3 is 2.69 bits per heavy atom. The molecule has 140 valence electrons. The summed E-state index contributed by atoms with van der Waals surface area (Å²) in [6, 6.07) is 18.5. The third-order valence-corrected chi connectivity index (χ3v) is 5.26. The van der Waals surface area contributed by atoms with Crippen LogP contribution in [-0.4, -0.2) is 28.0 Å². The Morgan fingerprint density at radius 2 is 1.83 bits per heavy atom. The summed E-state index contributed by atoms with van der Waals surface area (Å²) >= 11 is 0. The van der Waals surface area contributed by atoms with Gasteiger partial charge in [0.1, 0.15) is 17.7 Å². The summed E-state index contributed by atoms with van der Waals surface area (Å²) in [5.41, 5.74) is 3.24. The first kappa shape index (κ1) is 17.3. The lowest BCUT2D eigenvalue weighted by molar-refractivity contribution is 0.509. The summed E-state index contributed by atoms with van der Waals surface area (Å²) in [4.78, 5) is 16.0. The van der Waals surface area contributed by atoms with Gasteiger partial charge >= 0.3 is 0 Å². The van der Waals surface area contributed by atoms with Crippen molar-refractivity contribution >= 4 is 16.7 Å². The summed E-state index contributed by atoms with van der Waals surface area (Å²) in [6.45, 7) is 1.56. The van der Waals surface area contributed by atoms with Crippen molar-refractivity contribution in [1.29, 1.82) is 5.26 Å². The van der Waals surface area contributed by atoms with Crippen LogP contribution in [0.2, 0.25) is 0 Å². The average Bonchev–Trinajstić information content (AvgIpc) is 2.73. The van der Waals surface area contributed by atoms with Crippen LogP contribution in [-0.2, 0) is 0 Å². The number of nitriles is 1. The van der Waals surface area contributed by atoms with E-state index in [2.05, 4.69) is 27.0 Å². The van der Waals surface area contributed by atoms with Crippen molar-refractivity contribution in [3.05, 3.63) is 84.1 Å². The van der Waals surface area contributed by atoms with E-state index in [1.54, 1.807) is 18.5 Å². The molecule has 0 bridgehead atoms. The van der Waals surface area contributed by atoms with E-state index in [1.807, 2.05) is 30.3 Å². The molecular weight excluding hydrogens is 365 g/mol. The molecule has 0 N–H and O–H groups in total. The second-order valence-corrected chi connectivity index (χ2v) is 7.06. The van der Waals surface area contributed by atoms with Crippen LogP contribution in [0.15, 0.2) is 67.0 Å². The van der Waals surface area contributed by atoms with Gasteiger partial charge in [-0.2, -0.15) is 5.26 Å². The highest BCUT2D eigenvalue weighted by molar-refractivity contribution is 5.80. The topological polar surface area (TPSA) is 65.7 Å². The van der Waals surface area contributed by atoms with Crippen LogP contribution in [0.5, 0.6) is 0 Å². The number of hydrogen-bond acceptors (Lipinski definition) is 5. The van der Waals surface area contributed by atoms with Gasteiger partial charge in [0, 0.05) is 42.4 Å². The Labute approximate surface area is 167 Å². The van der Waals surface area contributed by atoms with Crippen molar-refractivity contribution < 1.29 is 4.39 Å². The summed E-state index contributed by atoms with van der Waals surface area (Å²) in [5.74, 6) is 0.611. The summed E-state index contributed by atoms with van der Waals surface area (Å²) in [7, 11) is 0. The number of para-hydroxylation sites is 1. The standard InChI is InChI=1S/C23H16FN5/c24-19-7-5-16(11-17(19)12-25)22-23(27-10-9-26-22)18-13-29(14-18)21-8-6-15-3-1-2-4-20(15)28-21/h1-11,18H,13-14H2. The fourth-order valence-electron chi connectivity index (χ4n) is 3.70. The normalized spacial score (nSPS) is 13.9. The monoisotopic (exact) mass is 381 g/mol. The highest BCUT2D eigenvalue weighted by Gasteiger charge is 2.32. The predicted octanol–water partition coefficient (Wildman–Crippen LogP) is 4.31. The fourth-order valence-corrected chi connectivity index (χ4v) is 3.70. The SMILES string of the molecule is N#Cc1cc(-c2nccnc2C2CN(c3ccc4ccccc4n3)C2)ccc1F. The molecule has 2 aromatic heterocycles. The van der Waals surface area contributed by atoms with E-state index in [-0.39, 0.29) is 11.5 Å². The van der Waals surface area contributed by atoms with Gasteiger partial charge in [0.05, 0.1) is 22.5 Å². The molecule has 0 amide bonds. The largest absolute Gasteiger partial charge is 0.355 e. The molecule has 0 spiro atoms. The van der Waals surface area contributed by atoms with E-state index in [9.17, 15) is 4.39 Å². The molecule has 1 aliphatic heterocycles. The predicted molar refractivity (Wildman–Crippen MR) is 109 cm³/mol. The molecule has 0 aliphatic carbocycles. The van der Waals surface area contributed by atoms with E-state index in [4.69, 9.17) is 10.2 Å². The molecule has 6 heteroatoms. The van der Waals surface area contributed by atoms with Gasteiger partial charge in [-0.25, -0.2) is 9.37 Å². The molecule has 0 unspecified atom stereocenters. The number of nitrogens with zero attached hydrogens (tertiary/aromatic N) is 5. The Bertz CT molecular complexity index is 1260. The first-order valence-corrected chi connectivity index (χ1v) is 9.34. The van der Waals surface area contributed by atoms with E-state index < -0.39 is 5.82 Å². The first-order chi connectivity index (χ1) is 14.2. The Balaban J connectivity index is 1.41. The second kappa shape index (κ2) is 6.95. The molecule has 2 aromatic carbocycles. The summed E-state index contributed by atoms with van der Waals surface area (Å²) in [5, 5.41) is 10.2. The van der Waals surface area contributed by atoms with E-state index >= 15 is 0 Å². The molecule has 0 saturated carbocycles. The van der Waals surface area contributed by atoms with Crippen molar-refractivity contribution in [2.45, 2.75) is 5.92 Å². The smallest absolute Gasteiger partial charge is 0.140 e. The minimum Gasteiger partial charge on any atom is -0.355 e. The van der Waals surface area contributed by atoms with Crippen molar-refractivity contribution in [3.63, 3.8) is 0 Å². The van der Waals surface area contributed by atoms with Gasteiger partial charge in [-0.15, -0.1) is 0 Å². The van der Waals surface area contributed by atoms with Gasteiger partial charge in [0.2, 0.25) is 0 Å². The number of anilines is 1. The third kappa shape index (κ3) is 3.07. The zero-order valence-electron chi connectivity index (χ0n) is 15.5. The third-order valence-electron chi connectivity index (χ3n) is 5.26. The molecule has 3 heterocycles. The molecule has 1 aliphatic rings. The molecule has 0 radical (unpaired) electrons. The fraction of sp³-hybridized carbons (Fsp3) is 0.130. The molecule has 5 rings (SSSR count). The number of pyridine rings is 1. The zero-order valence-corrected chi connectivity index (χ0v) is 15.5. The van der Waals surface area contributed by atoms with Gasteiger partial charge in [-0.05, 0) is 36.4 Å². The first-order valence-electron chi connectivity index (χ1n) is 9.34. The number of rotatable bonds is 3. The average molecular weight is 381 g/mol. The number of halogens is 1. The molecule has 0 atom stereocenters. The lowest BCUT2D eigenvalue weighted by atomic mass is 9.92. The Hall–Kier alpha value is -3.85. The lowest BCUT2D eigenvalue weighted by Gasteiger charge is -2.40. The molecule has 1 fully saturated rings. The minimum atomic E-state index is -0.529. The Kier molecular flexibility index (Phi) is 4.14. The number of fused-ring (bicyclic) bond motifs is 1. The van der Waals surface area contributed by atoms with E-state index in [1.165, 1.54) is 12.1 Å². The van der Waals surface area contributed by atoms with Gasteiger partial charge in [-0.1, -0.05) is 18.2 Å². The minimum absolute atomic E-state index is 0.00898.